The van der Waals surface area contributed by atoms with E-state index < -0.39 is 18.0 Å². The largest absolute Gasteiger partial charge is 0.479 e. The summed E-state index contributed by atoms with van der Waals surface area (Å²) in [6, 6.07) is 1.92. The lowest BCUT2D eigenvalue weighted by atomic mass is 10.2. The van der Waals surface area contributed by atoms with Gasteiger partial charge in [-0.3, -0.25) is 0 Å². The summed E-state index contributed by atoms with van der Waals surface area (Å²) in [5.41, 5.74) is 0. The molecule has 0 aliphatic carbocycles. The Labute approximate surface area is 84.7 Å². The molecular weight excluding hydrogens is 204 g/mol. The molecule has 0 fully saturated rings. The van der Waals surface area contributed by atoms with Gasteiger partial charge in [-0.15, -0.1) is 11.3 Å². The first kappa shape index (κ1) is 10.5. The highest BCUT2D eigenvalue weighted by Gasteiger charge is 2.22. The lowest BCUT2D eigenvalue weighted by molar-refractivity contribution is -0.139. The summed E-state index contributed by atoms with van der Waals surface area (Å²) < 4.78 is 0. The van der Waals surface area contributed by atoms with Crippen LogP contribution < -0.4 is 10.6 Å². The molecule has 1 aromatic heterocycles. The second kappa shape index (κ2) is 4.61. The Hall–Kier alpha value is -1.56. The molecule has 0 aliphatic heterocycles. The van der Waals surface area contributed by atoms with E-state index in [1.807, 2.05) is 0 Å². The number of amides is 2. The maximum absolute atomic E-state index is 10.9. The van der Waals surface area contributed by atoms with Gasteiger partial charge in [0.2, 0.25) is 0 Å². The van der Waals surface area contributed by atoms with Gasteiger partial charge in [0.05, 0.1) is 0 Å². The topological polar surface area (TPSA) is 78.4 Å². The molecule has 0 saturated heterocycles. The fourth-order valence-electron chi connectivity index (χ4n) is 0.913. The lowest BCUT2D eigenvalue weighted by Crippen LogP contribution is -2.38. The van der Waals surface area contributed by atoms with Gasteiger partial charge in [0.15, 0.2) is 6.04 Å². The van der Waals surface area contributed by atoms with Gasteiger partial charge in [0.1, 0.15) is 0 Å². The number of thiophene rings is 1. The Balaban J connectivity index is 2.76. The van der Waals surface area contributed by atoms with E-state index in [4.69, 9.17) is 5.11 Å². The summed E-state index contributed by atoms with van der Waals surface area (Å²) in [4.78, 5) is 22.4. The third-order valence-electron chi connectivity index (χ3n) is 1.58. The first-order valence-corrected chi connectivity index (χ1v) is 4.77. The smallest absolute Gasteiger partial charge is 0.331 e. The predicted molar refractivity (Wildman–Crippen MR) is 52.3 cm³/mol. The molecule has 2 amide bonds. The van der Waals surface area contributed by atoms with Gasteiger partial charge >= 0.3 is 12.0 Å². The van der Waals surface area contributed by atoms with Crippen LogP contribution in [-0.2, 0) is 4.79 Å². The van der Waals surface area contributed by atoms with Crippen LogP contribution in [0.2, 0.25) is 0 Å². The van der Waals surface area contributed by atoms with Gasteiger partial charge < -0.3 is 15.7 Å². The van der Waals surface area contributed by atoms with Crippen molar-refractivity contribution in [2.45, 2.75) is 6.04 Å². The number of carboxylic acids is 1. The minimum Gasteiger partial charge on any atom is -0.479 e. The van der Waals surface area contributed by atoms with Crippen LogP contribution in [0.15, 0.2) is 17.5 Å². The highest BCUT2D eigenvalue weighted by Crippen LogP contribution is 2.18. The molecule has 1 aromatic rings. The molecule has 3 N–H and O–H groups in total. The molecule has 6 heteroatoms. The third-order valence-corrected chi connectivity index (χ3v) is 2.51. The Morgan fingerprint density at radius 2 is 2.29 bits per heavy atom. The monoisotopic (exact) mass is 214 g/mol. The highest BCUT2D eigenvalue weighted by atomic mass is 32.1. The maximum Gasteiger partial charge on any atom is 0.331 e. The van der Waals surface area contributed by atoms with Crippen LogP contribution in [0.1, 0.15) is 10.9 Å². The van der Waals surface area contributed by atoms with Gasteiger partial charge in [0.25, 0.3) is 0 Å². The predicted octanol–water partition coefficient (Wildman–Crippen LogP) is 0.803. The molecule has 5 nitrogen and oxygen atoms in total. The third kappa shape index (κ3) is 2.46. The molecule has 0 radical (unpaired) electrons. The summed E-state index contributed by atoms with van der Waals surface area (Å²) in [6.45, 7) is 0. The van der Waals surface area contributed by atoms with Crippen molar-refractivity contribution < 1.29 is 14.7 Å². The van der Waals surface area contributed by atoms with Crippen LogP contribution in [0, 0.1) is 0 Å². The molecule has 1 heterocycles. The number of carboxylic acid groups (broad SMARTS) is 1. The van der Waals surface area contributed by atoms with Crippen molar-refractivity contribution in [3.05, 3.63) is 22.4 Å². The Morgan fingerprint density at radius 3 is 2.71 bits per heavy atom. The van der Waals surface area contributed by atoms with E-state index in [-0.39, 0.29) is 0 Å². The maximum atomic E-state index is 10.9. The van der Waals surface area contributed by atoms with Gasteiger partial charge in [-0.25, -0.2) is 9.59 Å². The zero-order valence-electron chi connectivity index (χ0n) is 7.48. The zero-order chi connectivity index (χ0) is 10.6. The van der Waals surface area contributed by atoms with Crippen LogP contribution >= 0.6 is 11.3 Å². The molecular formula is C8H10N2O3S. The van der Waals surface area contributed by atoms with E-state index in [9.17, 15) is 9.59 Å². The van der Waals surface area contributed by atoms with Crippen molar-refractivity contribution in [1.82, 2.24) is 10.6 Å². The van der Waals surface area contributed by atoms with Crippen LogP contribution in [0.3, 0.4) is 0 Å². The van der Waals surface area contributed by atoms with E-state index in [1.54, 1.807) is 17.5 Å². The number of nitrogens with one attached hydrogen (secondary N) is 2. The van der Waals surface area contributed by atoms with Gasteiger partial charge in [0, 0.05) is 11.9 Å². The summed E-state index contributed by atoms with van der Waals surface area (Å²) in [5, 5.41) is 15.2. The Morgan fingerprint density at radius 1 is 1.57 bits per heavy atom. The van der Waals surface area contributed by atoms with Gasteiger partial charge in [-0.2, -0.15) is 0 Å². The van der Waals surface area contributed by atoms with Crippen molar-refractivity contribution in [3.63, 3.8) is 0 Å². The molecule has 14 heavy (non-hydrogen) atoms. The summed E-state index contributed by atoms with van der Waals surface area (Å²) in [5.74, 6) is -1.07. The van der Waals surface area contributed by atoms with Gasteiger partial charge in [-0.05, 0) is 11.4 Å². The van der Waals surface area contributed by atoms with Crippen LogP contribution in [-0.4, -0.2) is 24.2 Å². The molecule has 0 aliphatic rings. The molecule has 76 valence electrons. The average molecular weight is 214 g/mol. The minimum absolute atomic E-state index is 0.509. The number of hydrogen-bond acceptors (Lipinski definition) is 3. The van der Waals surface area contributed by atoms with Crippen molar-refractivity contribution >= 4 is 23.3 Å². The molecule has 1 rings (SSSR count). The van der Waals surface area contributed by atoms with Gasteiger partial charge in [-0.1, -0.05) is 6.07 Å². The Kier molecular flexibility index (Phi) is 3.47. The summed E-state index contributed by atoms with van der Waals surface area (Å²) in [6.07, 6.45) is 0. The number of aliphatic carboxylic acids is 1. The molecule has 1 unspecified atom stereocenters. The number of rotatable bonds is 3. The fraction of sp³-hybridized carbons (Fsp3) is 0.250. The minimum atomic E-state index is -1.07. The van der Waals surface area contributed by atoms with Crippen molar-refractivity contribution in [2.75, 3.05) is 7.05 Å². The average Bonchev–Trinajstić information content (AvgIpc) is 2.65. The van der Waals surface area contributed by atoms with E-state index in [1.165, 1.54) is 18.4 Å². The standard InChI is InChI=1S/C8H10N2O3S/c1-9-8(13)10-6(7(11)12)5-3-2-4-14-5/h2-4,6H,1H3,(H,11,12)(H2,9,10,13). The first-order valence-electron chi connectivity index (χ1n) is 3.89. The van der Waals surface area contributed by atoms with Crippen LogP contribution in [0.25, 0.3) is 0 Å². The van der Waals surface area contributed by atoms with E-state index in [2.05, 4.69) is 10.6 Å². The van der Waals surface area contributed by atoms with E-state index in [0.29, 0.717) is 4.88 Å². The molecule has 1 atom stereocenters. The summed E-state index contributed by atoms with van der Waals surface area (Å²) in [7, 11) is 1.43. The number of urea groups is 1. The highest BCUT2D eigenvalue weighted by molar-refractivity contribution is 7.10. The SMILES string of the molecule is CNC(=O)NC(C(=O)O)c1cccs1. The van der Waals surface area contributed by atoms with E-state index in [0.717, 1.165) is 0 Å². The van der Waals surface area contributed by atoms with Crippen LogP contribution in [0.4, 0.5) is 4.79 Å². The molecule has 0 aromatic carbocycles. The second-order valence-corrected chi connectivity index (χ2v) is 3.49. The quantitative estimate of drug-likeness (QED) is 0.696. The van der Waals surface area contributed by atoms with E-state index >= 15 is 0 Å². The number of hydrogen-bond donors (Lipinski definition) is 3. The fourth-order valence-corrected chi connectivity index (χ4v) is 1.68. The summed E-state index contributed by atoms with van der Waals surface area (Å²) >= 11 is 1.29. The van der Waals surface area contributed by atoms with Crippen LogP contribution in [0.5, 0.6) is 0 Å². The molecule has 0 bridgehead atoms. The number of carbonyl (C=O) groups is 2. The number of carbonyl (C=O) groups excluding carboxylic acids is 1. The molecule has 0 saturated carbocycles. The van der Waals surface area contributed by atoms with Crippen molar-refractivity contribution in [1.29, 1.82) is 0 Å². The van der Waals surface area contributed by atoms with Crippen molar-refractivity contribution in [3.8, 4) is 0 Å². The Bertz CT molecular complexity index is 323. The zero-order valence-corrected chi connectivity index (χ0v) is 8.30. The first-order chi connectivity index (χ1) is 6.65. The molecule has 0 spiro atoms. The normalized spacial score (nSPS) is 11.8. The van der Waals surface area contributed by atoms with Crippen molar-refractivity contribution in [2.24, 2.45) is 0 Å². The second-order valence-electron chi connectivity index (χ2n) is 2.51. The lowest BCUT2D eigenvalue weighted by Gasteiger charge is -2.11.